The third kappa shape index (κ3) is 5.75. The standard InChI is InChI=1S/C21H32/c1-8-13-15-19(17-18(6)7)20(14-9-2)21(11-4,12-5)16-10-3/h9-11,13,15-17H,2,4,8,12,14H2,1,3,5-7H3. The number of allylic oxidation sites excluding steroid dienone is 10. The van der Waals surface area contributed by atoms with Crippen LogP contribution in [0.5, 0.6) is 0 Å². The summed E-state index contributed by atoms with van der Waals surface area (Å²) in [5.41, 5.74) is 3.87. The Morgan fingerprint density at radius 3 is 2.19 bits per heavy atom. The molecule has 21 heavy (non-hydrogen) atoms. The zero-order valence-corrected chi connectivity index (χ0v) is 14.6. The van der Waals surface area contributed by atoms with Crippen molar-refractivity contribution in [2.45, 2.75) is 53.9 Å². The molecule has 0 heterocycles. The van der Waals surface area contributed by atoms with Crippen LogP contribution in [-0.2, 0) is 0 Å². The van der Waals surface area contributed by atoms with Gasteiger partial charge in [0.15, 0.2) is 0 Å². The van der Waals surface area contributed by atoms with Gasteiger partial charge in [-0.2, -0.15) is 0 Å². The highest BCUT2D eigenvalue weighted by molar-refractivity contribution is 5.45. The van der Waals surface area contributed by atoms with Gasteiger partial charge < -0.3 is 0 Å². The van der Waals surface area contributed by atoms with E-state index < -0.39 is 0 Å². The highest BCUT2D eigenvalue weighted by Crippen LogP contribution is 2.39. The summed E-state index contributed by atoms with van der Waals surface area (Å²) in [5, 5.41) is 0. The van der Waals surface area contributed by atoms with Gasteiger partial charge in [-0.3, -0.25) is 0 Å². The lowest BCUT2D eigenvalue weighted by Gasteiger charge is -2.30. The summed E-state index contributed by atoms with van der Waals surface area (Å²) in [6.45, 7) is 18.8. The minimum absolute atomic E-state index is 0.0949. The average Bonchev–Trinajstić information content (AvgIpc) is 2.47. The predicted octanol–water partition coefficient (Wildman–Crippen LogP) is 6.95. The first-order valence-electron chi connectivity index (χ1n) is 7.94. The van der Waals surface area contributed by atoms with Crippen molar-refractivity contribution in [1.29, 1.82) is 0 Å². The Bertz CT molecular complexity index is 450. The van der Waals surface area contributed by atoms with Gasteiger partial charge in [0, 0.05) is 5.41 Å². The van der Waals surface area contributed by atoms with Gasteiger partial charge in [-0.1, -0.05) is 62.0 Å². The SMILES string of the molecule is C=CCC(=C(C=CCC)C=C(C)C)C(C=C)(C=CC)CC. The average molecular weight is 284 g/mol. The summed E-state index contributed by atoms with van der Waals surface area (Å²) in [6, 6.07) is 0. The van der Waals surface area contributed by atoms with E-state index in [0.29, 0.717) is 0 Å². The summed E-state index contributed by atoms with van der Waals surface area (Å²) in [7, 11) is 0. The third-order valence-electron chi connectivity index (χ3n) is 3.65. The van der Waals surface area contributed by atoms with Crippen molar-refractivity contribution in [3.8, 4) is 0 Å². The molecule has 1 atom stereocenters. The second-order valence-electron chi connectivity index (χ2n) is 5.56. The first-order chi connectivity index (χ1) is 10.0. The van der Waals surface area contributed by atoms with E-state index in [1.54, 1.807) is 0 Å². The molecule has 0 rings (SSSR count). The Morgan fingerprint density at radius 1 is 1.14 bits per heavy atom. The zero-order chi connectivity index (χ0) is 16.3. The molecule has 0 aliphatic carbocycles. The van der Waals surface area contributed by atoms with Crippen LogP contribution in [0.3, 0.4) is 0 Å². The smallest absolute Gasteiger partial charge is 0.0278 e. The molecule has 0 aromatic heterocycles. The van der Waals surface area contributed by atoms with Crippen molar-refractivity contribution >= 4 is 0 Å². The van der Waals surface area contributed by atoms with Crippen LogP contribution < -0.4 is 0 Å². The molecule has 116 valence electrons. The van der Waals surface area contributed by atoms with Crippen LogP contribution in [0.4, 0.5) is 0 Å². The van der Waals surface area contributed by atoms with Gasteiger partial charge in [0.05, 0.1) is 0 Å². The van der Waals surface area contributed by atoms with Crippen molar-refractivity contribution < 1.29 is 0 Å². The Balaban J connectivity index is 6.35. The van der Waals surface area contributed by atoms with Crippen LogP contribution in [0, 0.1) is 5.41 Å². The van der Waals surface area contributed by atoms with E-state index in [4.69, 9.17) is 0 Å². The number of rotatable bonds is 9. The zero-order valence-electron chi connectivity index (χ0n) is 14.6. The van der Waals surface area contributed by atoms with Gasteiger partial charge in [-0.25, -0.2) is 0 Å². The van der Waals surface area contributed by atoms with Gasteiger partial charge in [-0.05, 0) is 51.2 Å². The lowest BCUT2D eigenvalue weighted by molar-refractivity contribution is 0.549. The monoisotopic (exact) mass is 284 g/mol. The fraction of sp³-hybridized carbons (Fsp3) is 0.429. The second-order valence-corrected chi connectivity index (χ2v) is 5.56. The van der Waals surface area contributed by atoms with Gasteiger partial charge in [0.1, 0.15) is 0 Å². The largest absolute Gasteiger partial charge is 0.103 e. The third-order valence-corrected chi connectivity index (χ3v) is 3.65. The molecule has 0 heteroatoms. The van der Waals surface area contributed by atoms with Crippen LogP contribution in [0.2, 0.25) is 0 Å². The fourth-order valence-electron chi connectivity index (χ4n) is 2.58. The van der Waals surface area contributed by atoms with Crippen LogP contribution in [0.15, 0.2) is 72.4 Å². The molecular formula is C21H32. The summed E-state index contributed by atoms with van der Waals surface area (Å²) in [5.74, 6) is 0. The Kier molecular flexibility index (Phi) is 9.45. The van der Waals surface area contributed by atoms with E-state index in [0.717, 1.165) is 19.3 Å². The van der Waals surface area contributed by atoms with E-state index in [2.05, 4.69) is 84.2 Å². The molecule has 0 radical (unpaired) electrons. The maximum absolute atomic E-state index is 4.10. The van der Waals surface area contributed by atoms with Crippen molar-refractivity contribution in [1.82, 2.24) is 0 Å². The Labute approximate surface area is 132 Å². The molecule has 0 nitrogen and oxygen atoms in total. The molecule has 0 aromatic rings. The van der Waals surface area contributed by atoms with Gasteiger partial charge in [0.25, 0.3) is 0 Å². The van der Waals surface area contributed by atoms with E-state index >= 15 is 0 Å². The second kappa shape index (κ2) is 10.2. The van der Waals surface area contributed by atoms with Gasteiger partial charge in [-0.15, -0.1) is 13.2 Å². The van der Waals surface area contributed by atoms with Crippen LogP contribution in [0.1, 0.15) is 53.9 Å². The molecule has 0 aromatic carbocycles. The molecule has 0 spiro atoms. The van der Waals surface area contributed by atoms with E-state index in [9.17, 15) is 0 Å². The van der Waals surface area contributed by atoms with Crippen molar-refractivity contribution in [3.05, 3.63) is 72.4 Å². The molecule has 0 fully saturated rings. The Hall–Kier alpha value is -1.56. The summed E-state index contributed by atoms with van der Waals surface area (Å²) >= 11 is 0. The molecule has 0 saturated heterocycles. The van der Waals surface area contributed by atoms with E-state index in [1.165, 1.54) is 16.7 Å². The minimum Gasteiger partial charge on any atom is -0.103 e. The van der Waals surface area contributed by atoms with Crippen molar-refractivity contribution in [3.63, 3.8) is 0 Å². The molecule has 0 amide bonds. The number of hydrogen-bond donors (Lipinski definition) is 0. The van der Waals surface area contributed by atoms with Crippen LogP contribution >= 0.6 is 0 Å². The van der Waals surface area contributed by atoms with Gasteiger partial charge >= 0.3 is 0 Å². The number of hydrogen-bond acceptors (Lipinski definition) is 0. The quantitative estimate of drug-likeness (QED) is 0.317. The normalized spacial score (nSPS) is 15.7. The maximum Gasteiger partial charge on any atom is 0.0278 e. The lowest BCUT2D eigenvalue weighted by Crippen LogP contribution is -2.18. The summed E-state index contributed by atoms with van der Waals surface area (Å²) in [6.07, 6.45) is 18.1. The highest BCUT2D eigenvalue weighted by Gasteiger charge is 2.26. The molecule has 0 aliphatic rings. The van der Waals surface area contributed by atoms with Crippen molar-refractivity contribution in [2.75, 3.05) is 0 Å². The summed E-state index contributed by atoms with van der Waals surface area (Å²) < 4.78 is 0. The first kappa shape index (κ1) is 19.4. The lowest BCUT2D eigenvalue weighted by atomic mass is 9.73. The Morgan fingerprint density at radius 2 is 1.81 bits per heavy atom. The highest BCUT2D eigenvalue weighted by atomic mass is 14.3. The maximum atomic E-state index is 4.10. The van der Waals surface area contributed by atoms with Crippen LogP contribution in [0.25, 0.3) is 0 Å². The molecule has 1 unspecified atom stereocenters. The molecule has 0 N–H and O–H groups in total. The van der Waals surface area contributed by atoms with E-state index in [1.807, 2.05) is 6.08 Å². The predicted molar refractivity (Wildman–Crippen MR) is 98.4 cm³/mol. The topological polar surface area (TPSA) is 0 Å². The first-order valence-corrected chi connectivity index (χ1v) is 7.94. The van der Waals surface area contributed by atoms with E-state index in [-0.39, 0.29) is 5.41 Å². The molecule has 0 aliphatic heterocycles. The summed E-state index contributed by atoms with van der Waals surface area (Å²) in [4.78, 5) is 0. The molecule has 0 saturated carbocycles. The van der Waals surface area contributed by atoms with Gasteiger partial charge in [0.2, 0.25) is 0 Å². The fourth-order valence-corrected chi connectivity index (χ4v) is 2.58. The molecule has 0 bridgehead atoms. The van der Waals surface area contributed by atoms with Crippen molar-refractivity contribution in [2.24, 2.45) is 5.41 Å². The molecular weight excluding hydrogens is 252 g/mol. The minimum atomic E-state index is -0.0949. The van der Waals surface area contributed by atoms with Crippen LogP contribution in [-0.4, -0.2) is 0 Å².